The highest BCUT2D eigenvalue weighted by Gasteiger charge is 2.19. The predicted octanol–water partition coefficient (Wildman–Crippen LogP) is 0.646. The van der Waals surface area contributed by atoms with E-state index in [-0.39, 0.29) is 11.2 Å². The van der Waals surface area contributed by atoms with Crippen LogP contribution in [0.4, 0.5) is 0 Å². The van der Waals surface area contributed by atoms with Gasteiger partial charge in [0.05, 0.1) is 5.54 Å². The van der Waals surface area contributed by atoms with Crippen molar-refractivity contribution >= 4 is 5.78 Å². The van der Waals surface area contributed by atoms with E-state index in [1.807, 2.05) is 20.8 Å². The van der Waals surface area contributed by atoms with Crippen molar-refractivity contribution < 1.29 is 0 Å². The van der Waals surface area contributed by atoms with Gasteiger partial charge in [0, 0.05) is 12.4 Å². The third-order valence-electron chi connectivity index (χ3n) is 1.94. The number of hydrogen-bond donors (Lipinski definition) is 0. The van der Waals surface area contributed by atoms with Crippen molar-refractivity contribution in [3.8, 4) is 0 Å². The minimum atomic E-state index is -0.315. The lowest BCUT2D eigenvalue weighted by molar-refractivity contribution is 0.344. The van der Waals surface area contributed by atoms with E-state index in [1.165, 1.54) is 9.08 Å². The zero-order valence-corrected chi connectivity index (χ0v) is 8.43. The molecule has 0 fully saturated rings. The molecule has 0 saturated heterocycles. The van der Waals surface area contributed by atoms with Crippen molar-refractivity contribution in [2.45, 2.75) is 26.3 Å². The van der Waals surface area contributed by atoms with E-state index >= 15 is 0 Å². The van der Waals surface area contributed by atoms with Crippen LogP contribution in [0, 0.1) is 0 Å². The van der Waals surface area contributed by atoms with Crippen LogP contribution in [0.2, 0.25) is 0 Å². The maximum atomic E-state index is 11.8. The smallest absolute Gasteiger partial charge is 0.245 e. The van der Waals surface area contributed by atoms with Crippen LogP contribution < -0.4 is 5.69 Å². The molecule has 0 radical (unpaired) electrons. The lowest BCUT2D eigenvalue weighted by atomic mass is 10.1. The largest absolute Gasteiger partial charge is 0.352 e. The summed E-state index contributed by atoms with van der Waals surface area (Å²) in [5.41, 5.74) is -0.467. The van der Waals surface area contributed by atoms with Crippen molar-refractivity contribution in [1.29, 1.82) is 0 Å². The molecule has 0 bridgehead atoms. The molecule has 0 N–H and O–H groups in total. The molecule has 2 heterocycles. The monoisotopic (exact) mass is 192 g/mol. The standard InChI is InChI=1S/C9H12N4O/c1-9(2,3)13-8(14)12-6-4-5-10-7(12)11-13/h4-6H,1-3H3. The summed E-state index contributed by atoms with van der Waals surface area (Å²) in [6.45, 7) is 5.79. The van der Waals surface area contributed by atoms with Crippen LogP contribution in [0.25, 0.3) is 5.78 Å². The first-order chi connectivity index (χ1) is 6.50. The van der Waals surface area contributed by atoms with E-state index in [2.05, 4.69) is 10.1 Å². The number of hydrogen-bond acceptors (Lipinski definition) is 3. The summed E-state index contributed by atoms with van der Waals surface area (Å²) < 4.78 is 2.88. The highest BCUT2D eigenvalue weighted by Crippen LogP contribution is 2.08. The fraction of sp³-hybridized carbons (Fsp3) is 0.444. The Morgan fingerprint density at radius 3 is 2.64 bits per heavy atom. The molecule has 74 valence electrons. The first-order valence-corrected chi connectivity index (χ1v) is 4.43. The summed E-state index contributed by atoms with van der Waals surface area (Å²) in [6.07, 6.45) is 3.29. The quantitative estimate of drug-likeness (QED) is 0.615. The molecule has 0 aliphatic carbocycles. The van der Waals surface area contributed by atoms with Gasteiger partial charge in [-0.25, -0.2) is 18.9 Å². The van der Waals surface area contributed by atoms with Gasteiger partial charge in [-0.05, 0) is 26.8 Å². The van der Waals surface area contributed by atoms with Crippen LogP contribution >= 0.6 is 0 Å². The molecule has 14 heavy (non-hydrogen) atoms. The van der Waals surface area contributed by atoms with Gasteiger partial charge in [-0.3, -0.25) is 0 Å². The summed E-state index contributed by atoms with van der Waals surface area (Å²) in [5.74, 6) is 0.437. The Morgan fingerprint density at radius 1 is 1.36 bits per heavy atom. The topological polar surface area (TPSA) is 52.2 Å². The molecule has 0 spiro atoms. The minimum Gasteiger partial charge on any atom is -0.245 e. The molecule has 0 aromatic carbocycles. The van der Waals surface area contributed by atoms with E-state index < -0.39 is 0 Å². The van der Waals surface area contributed by atoms with Gasteiger partial charge in [0.25, 0.3) is 5.78 Å². The van der Waals surface area contributed by atoms with Gasteiger partial charge in [0.2, 0.25) is 0 Å². The maximum absolute atomic E-state index is 11.8. The van der Waals surface area contributed by atoms with Crippen LogP contribution in [0.5, 0.6) is 0 Å². The van der Waals surface area contributed by atoms with E-state index in [0.29, 0.717) is 5.78 Å². The molecule has 2 aromatic heterocycles. The van der Waals surface area contributed by atoms with Gasteiger partial charge in [-0.15, -0.1) is 5.10 Å². The van der Waals surface area contributed by atoms with Crippen molar-refractivity contribution in [2.24, 2.45) is 0 Å². The highest BCUT2D eigenvalue weighted by atomic mass is 16.2. The Morgan fingerprint density at radius 2 is 2.07 bits per heavy atom. The molecule has 2 aromatic rings. The summed E-state index contributed by atoms with van der Waals surface area (Å²) >= 11 is 0. The normalized spacial score (nSPS) is 12.2. The Bertz CT molecular complexity index is 517. The average molecular weight is 192 g/mol. The van der Waals surface area contributed by atoms with E-state index in [9.17, 15) is 4.79 Å². The fourth-order valence-electron chi connectivity index (χ4n) is 1.26. The molecule has 0 aliphatic rings. The Hall–Kier alpha value is -1.65. The number of nitrogens with zero attached hydrogens (tertiary/aromatic N) is 4. The second-order valence-corrected chi connectivity index (χ2v) is 4.15. The Kier molecular flexibility index (Phi) is 1.70. The zero-order valence-electron chi connectivity index (χ0n) is 8.43. The highest BCUT2D eigenvalue weighted by molar-refractivity contribution is 5.23. The summed E-state index contributed by atoms with van der Waals surface area (Å²) in [6, 6.07) is 1.71. The fourth-order valence-corrected chi connectivity index (χ4v) is 1.26. The molecular formula is C9H12N4O. The molecule has 5 heteroatoms. The van der Waals surface area contributed by atoms with Crippen LogP contribution in [0.3, 0.4) is 0 Å². The second kappa shape index (κ2) is 2.67. The van der Waals surface area contributed by atoms with Crippen LogP contribution in [0.15, 0.2) is 23.3 Å². The zero-order chi connectivity index (χ0) is 10.3. The first kappa shape index (κ1) is 8.93. The summed E-state index contributed by atoms with van der Waals surface area (Å²) in [5, 5.41) is 4.14. The summed E-state index contributed by atoms with van der Waals surface area (Å²) in [7, 11) is 0. The number of fused-ring (bicyclic) bond motifs is 1. The number of rotatable bonds is 0. The second-order valence-electron chi connectivity index (χ2n) is 4.15. The van der Waals surface area contributed by atoms with Gasteiger partial charge in [-0.1, -0.05) is 0 Å². The van der Waals surface area contributed by atoms with Gasteiger partial charge in [0.15, 0.2) is 0 Å². The lowest BCUT2D eigenvalue weighted by Gasteiger charge is -2.16. The van der Waals surface area contributed by atoms with Crippen molar-refractivity contribution in [3.63, 3.8) is 0 Å². The molecule has 0 aliphatic heterocycles. The minimum absolute atomic E-state index is 0.152. The Balaban J connectivity index is 2.82. The van der Waals surface area contributed by atoms with Crippen LogP contribution in [-0.4, -0.2) is 19.2 Å². The third kappa shape index (κ3) is 1.21. The van der Waals surface area contributed by atoms with Crippen molar-refractivity contribution in [3.05, 3.63) is 28.9 Å². The molecule has 0 atom stereocenters. The molecule has 0 unspecified atom stereocenters. The van der Waals surface area contributed by atoms with Gasteiger partial charge in [-0.2, -0.15) is 0 Å². The first-order valence-electron chi connectivity index (χ1n) is 4.43. The predicted molar refractivity (Wildman–Crippen MR) is 52.2 cm³/mol. The van der Waals surface area contributed by atoms with Gasteiger partial charge < -0.3 is 0 Å². The maximum Gasteiger partial charge on any atom is 0.352 e. The van der Waals surface area contributed by atoms with E-state index in [0.717, 1.165) is 0 Å². The summed E-state index contributed by atoms with van der Waals surface area (Å²) in [4.78, 5) is 15.8. The van der Waals surface area contributed by atoms with Gasteiger partial charge in [0.1, 0.15) is 0 Å². The molecule has 2 rings (SSSR count). The third-order valence-corrected chi connectivity index (χ3v) is 1.94. The van der Waals surface area contributed by atoms with Crippen LogP contribution in [-0.2, 0) is 5.54 Å². The van der Waals surface area contributed by atoms with E-state index in [4.69, 9.17) is 0 Å². The lowest BCUT2D eigenvalue weighted by Crippen LogP contribution is -2.34. The van der Waals surface area contributed by atoms with E-state index in [1.54, 1.807) is 18.5 Å². The molecule has 5 nitrogen and oxygen atoms in total. The molecule has 0 saturated carbocycles. The van der Waals surface area contributed by atoms with Crippen molar-refractivity contribution in [2.75, 3.05) is 0 Å². The molecular weight excluding hydrogens is 180 g/mol. The number of aromatic nitrogens is 4. The SMILES string of the molecule is CC(C)(C)n1nc2ncccn2c1=O. The van der Waals surface area contributed by atoms with Crippen molar-refractivity contribution in [1.82, 2.24) is 19.2 Å². The van der Waals surface area contributed by atoms with Gasteiger partial charge >= 0.3 is 5.69 Å². The van der Waals surface area contributed by atoms with Crippen LogP contribution in [0.1, 0.15) is 20.8 Å². The Labute approximate surface area is 81.0 Å². The molecule has 0 amide bonds. The average Bonchev–Trinajstić information content (AvgIpc) is 2.44.